The van der Waals surface area contributed by atoms with Crippen molar-refractivity contribution in [1.82, 2.24) is 10.3 Å². The predicted octanol–water partition coefficient (Wildman–Crippen LogP) is 2.11. The van der Waals surface area contributed by atoms with Crippen LogP contribution in [0.3, 0.4) is 0 Å². The number of nitrogens with zero attached hydrogens (tertiary/aromatic N) is 2. The number of nitriles is 1. The highest BCUT2D eigenvalue weighted by Crippen LogP contribution is 2.22. The average molecular weight is 295 g/mol. The summed E-state index contributed by atoms with van der Waals surface area (Å²) in [6.07, 6.45) is 2.70. The molecule has 1 amide bonds. The molecule has 2 aromatic rings. The minimum absolute atomic E-state index is 0.200. The van der Waals surface area contributed by atoms with E-state index in [-0.39, 0.29) is 5.91 Å². The number of aromatic nitrogens is 1. The van der Waals surface area contributed by atoms with Crippen molar-refractivity contribution in [3.8, 4) is 11.8 Å². The number of rotatable bonds is 5. The van der Waals surface area contributed by atoms with Gasteiger partial charge in [0.15, 0.2) is 0 Å². The highest BCUT2D eigenvalue weighted by Gasteiger charge is 2.07. The quantitative estimate of drug-likeness (QED) is 0.916. The zero-order valence-corrected chi connectivity index (χ0v) is 12.6. The monoisotopic (exact) mass is 295 g/mol. The van der Waals surface area contributed by atoms with Crippen LogP contribution in [-0.2, 0) is 12.8 Å². The van der Waals surface area contributed by atoms with Crippen LogP contribution in [0.15, 0.2) is 36.5 Å². The first-order valence-corrected chi connectivity index (χ1v) is 6.87. The van der Waals surface area contributed by atoms with Crippen molar-refractivity contribution in [3.63, 3.8) is 0 Å². The summed E-state index contributed by atoms with van der Waals surface area (Å²) in [5.41, 5.74) is 3.34. The number of nitrogens with one attached hydrogen (secondary N) is 1. The lowest BCUT2D eigenvalue weighted by molar-refractivity contribution is 0.0958. The van der Waals surface area contributed by atoms with Gasteiger partial charge in [0.25, 0.3) is 5.91 Å². The van der Waals surface area contributed by atoms with Crippen molar-refractivity contribution in [3.05, 3.63) is 58.9 Å². The summed E-state index contributed by atoms with van der Waals surface area (Å²) in [7, 11) is 3.17. The van der Waals surface area contributed by atoms with Gasteiger partial charge in [-0.25, -0.2) is 0 Å². The SMILES string of the molecule is CNC(=O)c1ccc(Cc2ccc(CC#N)c(OC)c2)cn1. The van der Waals surface area contributed by atoms with Crippen molar-refractivity contribution in [2.45, 2.75) is 12.8 Å². The molecule has 0 aliphatic heterocycles. The third-order valence-electron chi connectivity index (χ3n) is 3.31. The Kier molecular flexibility index (Phi) is 5.10. The van der Waals surface area contributed by atoms with Crippen LogP contribution in [0.4, 0.5) is 0 Å². The van der Waals surface area contributed by atoms with E-state index < -0.39 is 0 Å². The third kappa shape index (κ3) is 3.61. The Labute approximate surface area is 129 Å². The zero-order chi connectivity index (χ0) is 15.9. The maximum atomic E-state index is 11.4. The van der Waals surface area contributed by atoms with Crippen LogP contribution in [0.25, 0.3) is 0 Å². The molecule has 22 heavy (non-hydrogen) atoms. The second-order valence-corrected chi connectivity index (χ2v) is 4.79. The summed E-state index contributed by atoms with van der Waals surface area (Å²) in [5, 5.41) is 11.3. The Morgan fingerprint density at radius 1 is 1.32 bits per heavy atom. The molecule has 0 aliphatic carbocycles. The molecule has 1 aromatic carbocycles. The van der Waals surface area contributed by atoms with Crippen LogP contribution < -0.4 is 10.1 Å². The lowest BCUT2D eigenvalue weighted by Gasteiger charge is -2.09. The molecular formula is C17H17N3O2. The first-order valence-electron chi connectivity index (χ1n) is 6.87. The van der Waals surface area contributed by atoms with E-state index in [9.17, 15) is 4.79 Å². The van der Waals surface area contributed by atoms with E-state index in [1.54, 1.807) is 26.4 Å². The summed E-state index contributed by atoms with van der Waals surface area (Å²) >= 11 is 0. The maximum absolute atomic E-state index is 11.4. The van der Waals surface area contributed by atoms with Crippen molar-refractivity contribution in [1.29, 1.82) is 5.26 Å². The van der Waals surface area contributed by atoms with Crippen LogP contribution >= 0.6 is 0 Å². The molecule has 0 unspecified atom stereocenters. The summed E-state index contributed by atoms with van der Waals surface area (Å²) in [4.78, 5) is 15.6. The van der Waals surface area contributed by atoms with Crippen LogP contribution in [0.5, 0.6) is 5.75 Å². The second-order valence-electron chi connectivity index (χ2n) is 4.79. The van der Waals surface area contributed by atoms with Gasteiger partial charge in [-0.2, -0.15) is 5.26 Å². The standard InChI is InChI=1S/C17H17N3O2/c1-19-17(21)15-6-4-13(11-20-15)9-12-3-5-14(7-8-18)16(10-12)22-2/h3-6,10-11H,7,9H2,1-2H3,(H,19,21). The largest absolute Gasteiger partial charge is 0.496 e. The van der Waals surface area contributed by atoms with E-state index in [1.807, 2.05) is 24.3 Å². The molecule has 0 bridgehead atoms. The Bertz CT molecular complexity index is 703. The van der Waals surface area contributed by atoms with Gasteiger partial charge in [0, 0.05) is 18.8 Å². The van der Waals surface area contributed by atoms with Gasteiger partial charge in [0.2, 0.25) is 0 Å². The molecule has 5 nitrogen and oxygen atoms in total. The second kappa shape index (κ2) is 7.23. The summed E-state index contributed by atoms with van der Waals surface area (Å²) in [6, 6.07) is 11.5. The van der Waals surface area contributed by atoms with Crippen LogP contribution in [0.2, 0.25) is 0 Å². The van der Waals surface area contributed by atoms with Gasteiger partial charge in [0.05, 0.1) is 19.6 Å². The number of pyridine rings is 1. The number of ether oxygens (including phenoxy) is 1. The number of carbonyl (C=O) groups is 1. The van der Waals surface area contributed by atoms with Crippen molar-refractivity contribution >= 4 is 5.91 Å². The topological polar surface area (TPSA) is 75.0 Å². The Balaban J connectivity index is 2.17. The lowest BCUT2D eigenvalue weighted by Crippen LogP contribution is -2.19. The average Bonchev–Trinajstić information content (AvgIpc) is 2.56. The Morgan fingerprint density at radius 3 is 2.68 bits per heavy atom. The first kappa shape index (κ1) is 15.5. The van der Waals surface area contributed by atoms with Crippen molar-refractivity contribution in [2.24, 2.45) is 0 Å². The molecule has 5 heteroatoms. The number of hydrogen-bond donors (Lipinski definition) is 1. The molecule has 1 aromatic heterocycles. The maximum Gasteiger partial charge on any atom is 0.269 e. The minimum Gasteiger partial charge on any atom is -0.496 e. The normalized spacial score (nSPS) is 9.86. The molecule has 0 fully saturated rings. The summed E-state index contributed by atoms with van der Waals surface area (Å²) < 4.78 is 5.32. The summed E-state index contributed by atoms with van der Waals surface area (Å²) in [6.45, 7) is 0. The molecular weight excluding hydrogens is 278 g/mol. The number of hydrogen-bond acceptors (Lipinski definition) is 4. The highest BCUT2D eigenvalue weighted by atomic mass is 16.5. The molecule has 0 spiro atoms. The molecule has 0 atom stereocenters. The minimum atomic E-state index is -0.200. The number of carbonyl (C=O) groups excluding carboxylic acids is 1. The van der Waals surface area contributed by atoms with Crippen LogP contribution in [-0.4, -0.2) is 25.0 Å². The summed E-state index contributed by atoms with van der Waals surface area (Å²) in [5.74, 6) is 0.517. The smallest absolute Gasteiger partial charge is 0.269 e. The van der Waals surface area contributed by atoms with Gasteiger partial charge in [-0.05, 0) is 29.7 Å². The fourth-order valence-corrected chi connectivity index (χ4v) is 2.16. The van der Waals surface area contributed by atoms with Gasteiger partial charge in [-0.1, -0.05) is 18.2 Å². The van der Waals surface area contributed by atoms with Crippen molar-refractivity contribution in [2.75, 3.05) is 14.2 Å². The lowest BCUT2D eigenvalue weighted by atomic mass is 10.0. The molecule has 1 heterocycles. The van der Waals surface area contributed by atoms with E-state index in [4.69, 9.17) is 10.00 Å². The predicted molar refractivity (Wildman–Crippen MR) is 82.7 cm³/mol. The fraction of sp³-hybridized carbons (Fsp3) is 0.235. The molecule has 0 aliphatic rings. The van der Waals surface area contributed by atoms with Crippen LogP contribution in [0, 0.1) is 11.3 Å². The zero-order valence-electron chi connectivity index (χ0n) is 12.6. The van der Waals surface area contributed by atoms with Crippen LogP contribution in [0.1, 0.15) is 27.2 Å². The molecule has 2 rings (SSSR count). The molecule has 1 N–H and O–H groups in total. The van der Waals surface area contributed by atoms with Gasteiger partial charge in [-0.3, -0.25) is 9.78 Å². The van der Waals surface area contributed by atoms with Gasteiger partial charge >= 0.3 is 0 Å². The molecule has 0 radical (unpaired) electrons. The highest BCUT2D eigenvalue weighted by molar-refractivity contribution is 5.91. The van der Waals surface area contributed by atoms with E-state index in [1.165, 1.54) is 0 Å². The molecule has 112 valence electrons. The third-order valence-corrected chi connectivity index (χ3v) is 3.31. The van der Waals surface area contributed by atoms with E-state index >= 15 is 0 Å². The van der Waals surface area contributed by atoms with Gasteiger partial charge in [-0.15, -0.1) is 0 Å². The van der Waals surface area contributed by atoms with Gasteiger partial charge < -0.3 is 10.1 Å². The Hall–Kier alpha value is -2.87. The number of methoxy groups -OCH3 is 1. The molecule has 0 saturated heterocycles. The first-order chi connectivity index (χ1) is 10.7. The van der Waals surface area contributed by atoms with Crippen molar-refractivity contribution < 1.29 is 9.53 Å². The Morgan fingerprint density at radius 2 is 2.09 bits per heavy atom. The van der Waals surface area contributed by atoms with E-state index in [2.05, 4.69) is 16.4 Å². The number of amides is 1. The fourth-order valence-electron chi connectivity index (χ4n) is 2.16. The van der Waals surface area contributed by atoms with E-state index in [0.29, 0.717) is 24.3 Å². The number of benzene rings is 1. The van der Waals surface area contributed by atoms with Gasteiger partial charge in [0.1, 0.15) is 11.4 Å². The molecule has 0 saturated carbocycles. The van der Waals surface area contributed by atoms with E-state index in [0.717, 1.165) is 16.7 Å².